The zero-order chi connectivity index (χ0) is 13.2. The van der Waals surface area contributed by atoms with Crippen molar-refractivity contribution in [1.82, 2.24) is 10.3 Å². The van der Waals surface area contributed by atoms with Gasteiger partial charge in [0, 0.05) is 5.38 Å². The van der Waals surface area contributed by atoms with Crippen molar-refractivity contribution in [2.24, 2.45) is 0 Å². The predicted molar refractivity (Wildman–Crippen MR) is 63.8 cm³/mol. The van der Waals surface area contributed by atoms with Crippen molar-refractivity contribution < 1.29 is 18.0 Å². The summed E-state index contributed by atoms with van der Waals surface area (Å²) >= 11 is 2.68. The quantitative estimate of drug-likeness (QED) is 0.944. The number of alkyl halides is 3. The molecular weight excluding hydrogens is 285 g/mol. The maximum atomic E-state index is 11.9. The van der Waals surface area contributed by atoms with Gasteiger partial charge in [0.05, 0.1) is 4.88 Å². The van der Waals surface area contributed by atoms with Crippen molar-refractivity contribution in [1.29, 1.82) is 0 Å². The third kappa shape index (κ3) is 3.30. The van der Waals surface area contributed by atoms with E-state index < -0.39 is 18.6 Å². The zero-order valence-electron chi connectivity index (χ0n) is 8.82. The number of nitrogens with zero attached hydrogens (tertiary/aromatic N) is 1. The van der Waals surface area contributed by atoms with Crippen molar-refractivity contribution in [2.45, 2.75) is 6.18 Å². The highest BCUT2D eigenvalue weighted by atomic mass is 32.1. The number of nitrogens with one attached hydrogen (secondary N) is 1. The number of thiophene rings is 1. The molecule has 2 rings (SSSR count). The lowest BCUT2D eigenvalue weighted by Crippen LogP contribution is -2.33. The number of aromatic nitrogens is 1. The Morgan fingerprint density at radius 3 is 2.78 bits per heavy atom. The van der Waals surface area contributed by atoms with Gasteiger partial charge in [0.25, 0.3) is 5.91 Å². The standard InChI is InChI=1S/C10H7F3N2OS2/c11-10(12,13)5-14-8(16)6-4-18-9(15-6)7-2-1-3-17-7/h1-4H,5H2,(H,14,16). The fourth-order valence-electron chi connectivity index (χ4n) is 1.16. The molecule has 0 aliphatic rings. The van der Waals surface area contributed by atoms with Crippen LogP contribution in [-0.4, -0.2) is 23.6 Å². The van der Waals surface area contributed by atoms with Crippen LogP contribution in [0.5, 0.6) is 0 Å². The highest BCUT2D eigenvalue weighted by Crippen LogP contribution is 2.27. The van der Waals surface area contributed by atoms with Gasteiger partial charge in [0.2, 0.25) is 0 Å². The van der Waals surface area contributed by atoms with Crippen molar-refractivity contribution >= 4 is 28.6 Å². The normalized spacial score (nSPS) is 11.5. The molecule has 1 amide bonds. The van der Waals surface area contributed by atoms with Gasteiger partial charge in [-0.3, -0.25) is 4.79 Å². The molecule has 0 radical (unpaired) electrons. The summed E-state index contributed by atoms with van der Waals surface area (Å²) in [4.78, 5) is 16.3. The number of amides is 1. The van der Waals surface area contributed by atoms with E-state index in [0.717, 1.165) is 4.88 Å². The van der Waals surface area contributed by atoms with Gasteiger partial charge >= 0.3 is 6.18 Å². The minimum absolute atomic E-state index is 0.00708. The van der Waals surface area contributed by atoms with E-state index in [1.54, 1.807) is 5.32 Å². The molecule has 2 heterocycles. The molecule has 0 bridgehead atoms. The molecule has 2 aromatic heterocycles. The largest absolute Gasteiger partial charge is 0.405 e. The molecule has 0 aromatic carbocycles. The summed E-state index contributed by atoms with van der Waals surface area (Å²) in [5.41, 5.74) is 0.00708. The van der Waals surface area contributed by atoms with Gasteiger partial charge in [0.15, 0.2) is 0 Å². The molecule has 2 aromatic rings. The van der Waals surface area contributed by atoms with Crippen LogP contribution in [0.15, 0.2) is 22.9 Å². The average Bonchev–Trinajstić information content (AvgIpc) is 2.94. The first-order chi connectivity index (χ1) is 8.46. The Hall–Kier alpha value is -1.41. The van der Waals surface area contributed by atoms with Gasteiger partial charge in [-0.1, -0.05) is 6.07 Å². The van der Waals surface area contributed by atoms with Crippen LogP contribution in [0.2, 0.25) is 0 Å². The lowest BCUT2D eigenvalue weighted by Gasteiger charge is -2.06. The molecule has 0 aliphatic carbocycles. The van der Waals surface area contributed by atoms with Gasteiger partial charge in [-0.2, -0.15) is 13.2 Å². The number of halogens is 3. The SMILES string of the molecule is O=C(NCC(F)(F)F)c1csc(-c2cccs2)n1. The summed E-state index contributed by atoms with van der Waals surface area (Å²) in [6, 6.07) is 3.67. The number of hydrogen-bond acceptors (Lipinski definition) is 4. The third-order valence-electron chi connectivity index (χ3n) is 1.92. The van der Waals surface area contributed by atoms with Crippen LogP contribution in [0.3, 0.4) is 0 Å². The summed E-state index contributed by atoms with van der Waals surface area (Å²) in [5, 5.41) is 5.71. The van der Waals surface area contributed by atoms with E-state index >= 15 is 0 Å². The van der Waals surface area contributed by atoms with Gasteiger partial charge in [-0.25, -0.2) is 4.98 Å². The van der Waals surface area contributed by atoms with Crippen LogP contribution in [-0.2, 0) is 0 Å². The molecule has 0 saturated heterocycles. The second-order valence-corrected chi connectivity index (χ2v) is 5.12. The van der Waals surface area contributed by atoms with Gasteiger partial charge in [-0.15, -0.1) is 22.7 Å². The average molecular weight is 292 g/mol. The molecule has 0 atom stereocenters. The zero-order valence-corrected chi connectivity index (χ0v) is 10.5. The summed E-state index contributed by atoms with van der Waals surface area (Å²) in [6.45, 7) is -1.35. The van der Waals surface area contributed by atoms with Crippen LogP contribution >= 0.6 is 22.7 Å². The highest BCUT2D eigenvalue weighted by molar-refractivity contribution is 7.20. The van der Waals surface area contributed by atoms with Crippen LogP contribution in [0.4, 0.5) is 13.2 Å². The molecule has 0 spiro atoms. The number of hydrogen-bond donors (Lipinski definition) is 1. The first kappa shape index (κ1) is 13.0. The summed E-state index contributed by atoms with van der Waals surface area (Å²) in [6.07, 6.45) is -4.41. The fourth-order valence-corrected chi connectivity index (χ4v) is 2.78. The van der Waals surface area contributed by atoms with E-state index in [1.165, 1.54) is 28.1 Å². The van der Waals surface area contributed by atoms with E-state index in [1.807, 2.05) is 17.5 Å². The first-order valence-electron chi connectivity index (χ1n) is 4.80. The number of carbonyl (C=O) groups excluding carboxylic acids is 1. The smallest absolute Gasteiger partial charge is 0.342 e. The van der Waals surface area contributed by atoms with E-state index in [9.17, 15) is 18.0 Å². The minimum Gasteiger partial charge on any atom is -0.342 e. The molecular formula is C10H7F3N2OS2. The maximum absolute atomic E-state index is 11.9. The Morgan fingerprint density at radius 1 is 1.39 bits per heavy atom. The lowest BCUT2D eigenvalue weighted by molar-refractivity contribution is -0.123. The monoisotopic (exact) mass is 292 g/mol. The molecule has 1 N–H and O–H groups in total. The van der Waals surface area contributed by atoms with E-state index in [-0.39, 0.29) is 5.69 Å². The predicted octanol–water partition coefficient (Wildman–Crippen LogP) is 3.16. The maximum Gasteiger partial charge on any atom is 0.405 e. The Balaban J connectivity index is 2.04. The Bertz CT molecular complexity index is 534. The van der Waals surface area contributed by atoms with Crippen molar-refractivity contribution in [3.8, 4) is 9.88 Å². The molecule has 3 nitrogen and oxygen atoms in total. The van der Waals surface area contributed by atoms with Crippen molar-refractivity contribution in [3.63, 3.8) is 0 Å². The topological polar surface area (TPSA) is 42.0 Å². The second kappa shape index (κ2) is 5.07. The van der Waals surface area contributed by atoms with Crippen LogP contribution in [0, 0.1) is 0 Å². The molecule has 0 aliphatic heterocycles. The molecule has 0 saturated carbocycles. The Kier molecular flexibility index (Phi) is 3.67. The molecule has 18 heavy (non-hydrogen) atoms. The molecule has 0 fully saturated rings. The summed E-state index contributed by atoms with van der Waals surface area (Å²) in [7, 11) is 0. The van der Waals surface area contributed by atoms with Gasteiger partial charge < -0.3 is 5.32 Å². The minimum atomic E-state index is -4.41. The highest BCUT2D eigenvalue weighted by Gasteiger charge is 2.28. The first-order valence-corrected chi connectivity index (χ1v) is 6.56. The molecule has 96 valence electrons. The molecule has 8 heteroatoms. The number of rotatable bonds is 3. The van der Waals surface area contributed by atoms with Crippen LogP contribution < -0.4 is 5.32 Å². The van der Waals surface area contributed by atoms with Gasteiger partial charge in [-0.05, 0) is 11.4 Å². The molecule has 0 unspecified atom stereocenters. The van der Waals surface area contributed by atoms with Crippen LogP contribution in [0.1, 0.15) is 10.5 Å². The van der Waals surface area contributed by atoms with Crippen molar-refractivity contribution in [2.75, 3.05) is 6.54 Å². The van der Waals surface area contributed by atoms with E-state index in [2.05, 4.69) is 4.98 Å². The number of thiazole rings is 1. The Morgan fingerprint density at radius 2 is 2.17 bits per heavy atom. The summed E-state index contributed by atoms with van der Waals surface area (Å²) < 4.78 is 35.8. The van der Waals surface area contributed by atoms with Crippen molar-refractivity contribution in [3.05, 3.63) is 28.6 Å². The lowest BCUT2D eigenvalue weighted by atomic mass is 10.4. The van der Waals surface area contributed by atoms with E-state index in [4.69, 9.17) is 0 Å². The Labute approximate surface area is 108 Å². The fraction of sp³-hybridized carbons (Fsp3) is 0.200. The summed E-state index contributed by atoms with van der Waals surface area (Å²) in [5.74, 6) is -0.814. The van der Waals surface area contributed by atoms with Gasteiger partial charge in [0.1, 0.15) is 17.2 Å². The van der Waals surface area contributed by atoms with Crippen LogP contribution in [0.25, 0.3) is 9.88 Å². The number of carbonyl (C=O) groups is 1. The second-order valence-electron chi connectivity index (χ2n) is 3.31. The van der Waals surface area contributed by atoms with E-state index in [0.29, 0.717) is 5.01 Å². The third-order valence-corrected chi connectivity index (χ3v) is 3.80.